The topological polar surface area (TPSA) is 74.4 Å². The molecule has 1 aromatic heterocycles. The van der Waals surface area contributed by atoms with Crippen molar-refractivity contribution >= 4 is 45.7 Å². The maximum absolute atomic E-state index is 13.4. The highest BCUT2D eigenvalue weighted by atomic mass is 35.5. The van der Waals surface area contributed by atoms with Crippen molar-refractivity contribution in [2.75, 3.05) is 31.2 Å². The van der Waals surface area contributed by atoms with E-state index in [1.54, 1.807) is 48.7 Å². The second kappa shape index (κ2) is 10.1. The van der Waals surface area contributed by atoms with Gasteiger partial charge in [-0.2, -0.15) is 0 Å². The number of H-pyrrole nitrogens is 1. The van der Waals surface area contributed by atoms with Crippen LogP contribution in [0.3, 0.4) is 0 Å². The molecule has 1 aliphatic rings. The lowest BCUT2D eigenvalue weighted by molar-refractivity contribution is 0.0942. The van der Waals surface area contributed by atoms with E-state index in [2.05, 4.69) is 15.2 Å². The van der Waals surface area contributed by atoms with Gasteiger partial charge < -0.3 is 19.9 Å². The number of carbonyl (C=O) groups is 1. The minimum absolute atomic E-state index is 0.205. The van der Waals surface area contributed by atoms with Crippen molar-refractivity contribution in [3.63, 3.8) is 0 Å². The van der Waals surface area contributed by atoms with Crippen LogP contribution in [0.2, 0.25) is 10.0 Å². The molecule has 8 heteroatoms. The number of morpholine rings is 1. The first-order valence-corrected chi connectivity index (χ1v) is 12.1. The molecule has 0 spiro atoms. The summed E-state index contributed by atoms with van der Waals surface area (Å²) in [5, 5.41) is 4.48. The Kier molecular flexibility index (Phi) is 6.77. The van der Waals surface area contributed by atoms with E-state index < -0.39 is 6.04 Å². The van der Waals surface area contributed by atoms with Crippen LogP contribution < -0.4 is 15.6 Å². The van der Waals surface area contributed by atoms with Gasteiger partial charge in [0.2, 0.25) is 0 Å². The predicted octanol–water partition coefficient (Wildman–Crippen LogP) is 5.19. The number of halogens is 2. The summed E-state index contributed by atoms with van der Waals surface area (Å²) in [6, 6.07) is 18.9. The average molecular weight is 508 g/mol. The number of carbonyl (C=O) groups excluding carboxylic acids is 1. The molecule has 4 aromatic rings. The smallest absolute Gasteiger partial charge is 0.252 e. The quantitative estimate of drug-likeness (QED) is 0.389. The Hall–Kier alpha value is -3.32. The zero-order chi connectivity index (χ0) is 24.4. The Morgan fingerprint density at radius 3 is 2.46 bits per heavy atom. The molecule has 6 nitrogen and oxygen atoms in total. The largest absolute Gasteiger partial charge is 0.378 e. The molecule has 0 aliphatic carbocycles. The second-order valence-corrected chi connectivity index (χ2v) is 9.18. The molecule has 35 heavy (non-hydrogen) atoms. The van der Waals surface area contributed by atoms with Crippen LogP contribution >= 0.6 is 23.2 Å². The highest BCUT2D eigenvalue weighted by Crippen LogP contribution is 2.28. The number of ether oxygens (including phenoxy) is 1. The Morgan fingerprint density at radius 2 is 1.71 bits per heavy atom. The first-order valence-electron chi connectivity index (χ1n) is 11.3. The Morgan fingerprint density at radius 1 is 0.971 bits per heavy atom. The number of nitrogens with zero attached hydrogens (tertiary/aromatic N) is 1. The number of hydrogen-bond donors (Lipinski definition) is 2. The average Bonchev–Trinajstić information content (AvgIpc) is 2.89. The van der Waals surface area contributed by atoms with Crippen LogP contribution in [0.5, 0.6) is 0 Å². The third kappa shape index (κ3) is 4.91. The van der Waals surface area contributed by atoms with Gasteiger partial charge in [0.15, 0.2) is 5.43 Å². The van der Waals surface area contributed by atoms with Crippen molar-refractivity contribution in [3.05, 3.63) is 110 Å². The molecular formula is C27H23Cl2N3O3. The number of rotatable bonds is 5. The molecular weight excluding hydrogens is 485 g/mol. The summed E-state index contributed by atoms with van der Waals surface area (Å²) in [5.41, 5.74) is 2.95. The molecule has 0 radical (unpaired) electrons. The highest BCUT2D eigenvalue weighted by Gasteiger charge is 2.24. The van der Waals surface area contributed by atoms with E-state index >= 15 is 0 Å². The number of aromatic nitrogens is 1. The highest BCUT2D eigenvalue weighted by molar-refractivity contribution is 6.31. The molecule has 1 aliphatic heterocycles. The van der Waals surface area contributed by atoms with E-state index in [-0.39, 0.29) is 11.3 Å². The van der Waals surface area contributed by atoms with Gasteiger partial charge in [-0.25, -0.2) is 0 Å². The van der Waals surface area contributed by atoms with Gasteiger partial charge in [-0.05, 0) is 54.1 Å². The molecule has 0 bridgehead atoms. The summed E-state index contributed by atoms with van der Waals surface area (Å²) in [7, 11) is 0. The zero-order valence-electron chi connectivity index (χ0n) is 18.8. The van der Waals surface area contributed by atoms with E-state index in [1.165, 1.54) is 0 Å². The number of anilines is 1. The summed E-state index contributed by atoms with van der Waals surface area (Å²) in [6.45, 7) is 3.01. The Bertz CT molecular complexity index is 1430. The molecule has 5 rings (SSSR count). The van der Waals surface area contributed by atoms with Gasteiger partial charge in [-0.3, -0.25) is 9.59 Å². The minimum atomic E-state index is -0.751. The van der Waals surface area contributed by atoms with Crippen LogP contribution in [0.1, 0.15) is 27.5 Å². The van der Waals surface area contributed by atoms with E-state index in [1.807, 2.05) is 24.3 Å². The molecule has 0 saturated carbocycles. The summed E-state index contributed by atoms with van der Waals surface area (Å²) >= 11 is 12.6. The number of amides is 1. The van der Waals surface area contributed by atoms with E-state index in [0.29, 0.717) is 50.9 Å². The van der Waals surface area contributed by atoms with Gasteiger partial charge in [-0.1, -0.05) is 41.4 Å². The fraction of sp³-hybridized carbons (Fsp3) is 0.185. The third-order valence-electron chi connectivity index (χ3n) is 6.18. The summed E-state index contributed by atoms with van der Waals surface area (Å²) in [4.78, 5) is 32.1. The van der Waals surface area contributed by atoms with Crippen molar-refractivity contribution in [1.82, 2.24) is 10.3 Å². The predicted molar refractivity (Wildman–Crippen MR) is 140 cm³/mol. The number of hydrogen-bond acceptors (Lipinski definition) is 4. The van der Waals surface area contributed by atoms with Crippen molar-refractivity contribution in [2.45, 2.75) is 6.04 Å². The van der Waals surface area contributed by atoms with E-state index in [0.717, 1.165) is 18.8 Å². The van der Waals surface area contributed by atoms with Crippen LogP contribution in [0.4, 0.5) is 5.69 Å². The number of fused-ring (bicyclic) bond motifs is 1. The van der Waals surface area contributed by atoms with Gasteiger partial charge in [0.1, 0.15) is 0 Å². The Labute approximate surface area is 212 Å². The van der Waals surface area contributed by atoms with Crippen molar-refractivity contribution in [2.24, 2.45) is 0 Å². The standard InChI is InChI=1S/C27H23Cl2N3O3/c28-18-7-10-21-24(15-18)30-16-22(26(21)33)25(20-3-1-2-4-23(20)29)31-27(34)17-5-8-19(9-6-17)32-11-13-35-14-12-32/h1-10,15-16,25H,11-14H2,(H,30,33)(H,31,34). The maximum atomic E-state index is 13.4. The lowest BCUT2D eigenvalue weighted by atomic mass is 9.97. The number of nitrogens with one attached hydrogen (secondary N) is 2. The molecule has 178 valence electrons. The van der Waals surface area contributed by atoms with E-state index in [4.69, 9.17) is 27.9 Å². The molecule has 1 atom stereocenters. The number of pyridine rings is 1. The second-order valence-electron chi connectivity index (χ2n) is 8.34. The van der Waals surface area contributed by atoms with Crippen LogP contribution in [-0.4, -0.2) is 37.2 Å². The molecule has 1 unspecified atom stereocenters. The SMILES string of the molecule is O=C(NC(c1ccccc1Cl)c1c[nH]c2cc(Cl)ccc2c1=O)c1ccc(N2CCOCC2)cc1. The summed E-state index contributed by atoms with van der Waals surface area (Å²) in [5.74, 6) is -0.306. The molecule has 1 saturated heterocycles. The lowest BCUT2D eigenvalue weighted by Crippen LogP contribution is -2.36. The molecule has 3 aromatic carbocycles. The zero-order valence-corrected chi connectivity index (χ0v) is 20.3. The fourth-order valence-corrected chi connectivity index (χ4v) is 4.73. The van der Waals surface area contributed by atoms with Crippen LogP contribution in [0.15, 0.2) is 77.7 Å². The minimum Gasteiger partial charge on any atom is -0.378 e. The normalized spacial score (nSPS) is 14.6. The first-order chi connectivity index (χ1) is 17.0. The van der Waals surface area contributed by atoms with Crippen LogP contribution in [0, 0.1) is 0 Å². The van der Waals surface area contributed by atoms with E-state index in [9.17, 15) is 9.59 Å². The van der Waals surface area contributed by atoms with Crippen LogP contribution in [0.25, 0.3) is 10.9 Å². The van der Waals surface area contributed by atoms with Crippen LogP contribution in [-0.2, 0) is 4.74 Å². The third-order valence-corrected chi connectivity index (χ3v) is 6.76. The summed E-state index contributed by atoms with van der Waals surface area (Å²) in [6.07, 6.45) is 1.61. The van der Waals surface area contributed by atoms with Crippen molar-refractivity contribution < 1.29 is 9.53 Å². The monoisotopic (exact) mass is 507 g/mol. The van der Waals surface area contributed by atoms with Gasteiger partial charge in [0, 0.05) is 51.5 Å². The van der Waals surface area contributed by atoms with Gasteiger partial charge >= 0.3 is 0 Å². The fourth-order valence-electron chi connectivity index (χ4n) is 4.32. The van der Waals surface area contributed by atoms with Crippen molar-refractivity contribution in [3.8, 4) is 0 Å². The number of aromatic amines is 1. The molecule has 1 fully saturated rings. The summed E-state index contributed by atoms with van der Waals surface area (Å²) < 4.78 is 5.41. The van der Waals surface area contributed by atoms with Gasteiger partial charge in [0.05, 0.1) is 24.8 Å². The van der Waals surface area contributed by atoms with Crippen molar-refractivity contribution in [1.29, 1.82) is 0 Å². The Balaban J connectivity index is 1.49. The molecule has 2 heterocycles. The maximum Gasteiger partial charge on any atom is 0.252 e. The first kappa shape index (κ1) is 23.4. The number of benzene rings is 3. The lowest BCUT2D eigenvalue weighted by Gasteiger charge is -2.29. The molecule has 2 N–H and O–H groups in total. The van der Waals surface area contributed by atoms with Gasteiger partial charge in [0.25, 0.3) is 5.91 Å². The van der Waals surface area contributed by atoms with Gasteiger partial charge in [-0.15, -0.1) is 0 Å². The molecule has 1 amide bonds.